The van der Waals surface area contributed by atoms with Crippen LogP contribution in [0.15, 0.2) is 77.6 Å². The fourth-order valence-electron chi connectivity index (χ4n) is 3.05. The SMILES string of the molecule is Cn1c(CCc2ccccc2)ccc(NC(=O)CCc2ccccc2)c1=O. The summed E-state index contributed by atoms with van der Waals surface area (Å²) in [5.41, 5.74) is 3.46. The molecule has 0 aliphatic rings. The number of amides is 1. The van der Waals surface area contributed by atoms with Crippen molar-refractivity contribution in [3.63, 3.8) is 0 Å². The van der Waals surface area contributed by atoms with E-state index >= 15 is 0 Å². The number of nitrogens with one attached hydrogen (secondary N) is 1. The van der Waals surface area contributed by atoms with Gasteiger partial charge in [0.2, 0.25) is 5.91 Å². The van der Waals surface area contributed by atoms with Gasteiger partial charge in [0.25, 0.3) is 5.56 Å². The van der Waals surface area contributed by atoms with Crippen molar-refractivity contribution in [1.82, 2.24) is 4.57 Å². The fraction of sp³-hybridized carbons (Fsp3) is 0.217. The van der Waals surface area contributed by atoms with Crippen LogP contribution in [0.5, 0.6) is 0 Å². The zero-order chi connectivity index (χ0) is 19.1. The molecule has 2 aromatic carbocycles. The number of nitrogens with zero attached hydrogens (tertiary/aromatic N) is 1. The molecule has 0 fully saturated rings. The zero-order valence-electron chi connectivity index (χ0n) is 15.5. The molecule has 4 nitrogen and oxygen atoms in total. The molecule has 4 heteroatoms. The van der Waals surface area contributed by atoms with E-state index in [9.17, 15) is 9.59 Å². The van der Waals surface area contributed by atoms with Gasteiger partial charge < -0.3 is 9.88 Å². The van der Waals surface area contributed by atoms with Crippen LogP contribution < -0.4 is 10.9 Å². The maximum absolute atomic E-state index is 12.6. The third-order valence-electron chi connectivity index (χ3n) is 4.68. The van der Waals surface area contributed by atoms with E-state index in [0.717, 1.165) is 24.1 Å². The number of rotatable bonds is 7. The summed E-state index contributed by atoms with van der Waals surface area (Å²) in [5.74, 6) is -0.145. The second-order valence-corrected chi connectivity index (χ2v) is 6.62. The Bertz CT molecular complexity index is 947. The van der Waals surface area contributed by atoms with Crippen LogP contribution in [0.2, 0.25) is 0 Å². The molecular weight excluding hydrogens is 336 g/mol. The minimum Gasteiger partial charge on any atom is -0.321 e. The van der Waals surface area contributed by atoms with Gasteiger partial charge in [-0.2, -0.15) is 0 Å². The highest BCUT2D eigenvalue weighted by molar-refractivity contribution is 5.90. The highest BCUT2D eigenvalue weighted by Gasteiger charge is 2.09. The van der Waals surface area contributed by atoms with Crippen LogP contribution in [0.25, 0.3) is 0 Å². The fourth-order valence-corrected chi connectivity index (χ4v) is 3.05. The molecule has 0 atom stereocenters. The molecule has 27 heavy (non-hydrogen) atoms. The van der Waals surface area contributed by atoms with Crippen molar-refractivity contribution in [3.05, 3.63) is 100.0 Å². The molecule has 138 valence electrons. The Balaban J connectivity index is 1.60. The van der Waals surface area contributed by atoms with Gasteiger partial charge in [-0.15, -0.1) is 0 Å². The molecular formula is C23H24N2O2. The molecule has 3 aromatic rings. The van der Waals surface area contributed by atoms with E-state index in [1.54, 1.807) is 17.7 Å². The van der Waals surface area contributed by atoms with Crippen molar-refractivity contribution in [2.45, 2.75) is 25.7 Å². The quantitative estimate of drug-likeness (QED) is 0.698. The van der Waals surface area contributed by atoms with Crippen LogP contribution in [-0.4, -0.2) is 10.5 Å². The lowest BCUT2D eigenvalue weighted by Gasteiger charge is -2.11. The number of hydrogen-bond donors (Lipinski definition) is 1. The summed E-state index contributed by atoms with van der Waals surface area (Å²) in [5, 5.41) is 2.75. The smallest absolute Gasteiger partial charge is 0.274 e. The van der Waals surface area contributed by atoms with E-state index in [-0.39, 0.29) is 11.5 Å². The van der Waals surface area contributed by atoms with Gasteiger partial charge in [-0.05, 0) is 42.5 Å². The van der Waals surface area contributed by atoms with Crippen molar-refractivity contribution in [3.8, 4) is 0 Å². The van der Waals surface area contributed by atoms with Gasteiger partial charge in [0.05, 0.1) is 0 Å². The van der Waals surface area contributed by atoms with Gasteiger partial charge in [0.1, 0.15) is 5.69 Å². The van der Waals surface area contributed by atoms with Gasteiger partial charge in [-0.25, -0.2) is 0 Å². The molecule has 1 N–H and O–H groups in total. The van der Waals surface area contributed by atoms with Crippen LogP contribution in [0.1, 0.15) is 23.2 Å². The van der Waals surface area contributed by atoms with Crippen molar-refractivity contribution < 1.29 is 4.79 Å². The average molecular weight is 360 g/mol. The molecule has 0 saturated carbocycles. The summed E-state index contributed by atoms with van der Waals surface area (Å²) in [4.78, 5) is 24.7. The first-order valence-electron chi connectivity index (χ1n) is 9.20. The lowest BCUT2D eigenvalue weighted by atomic mass is 10.1. The van der Waals surface area contributed by atoms with Crippen LogP contribution in [0.4, 0.5) is 5.69 Å². The second kappa shape index (κ2) is 8.99. The molecule has 1 aromatic heterocycles. The molecule has 0 radical (unpaired) electrons. The summed E-state index contributed by atoms with van der Waals surface area (Å²) in [7, 11) is 1.75. The summed E-state index contributed by atoms with van der Waals surface area (Å²) < 4.78 is 1.62. The first kappa shape index (κ1) is 18.6. The van der Waals surface area contributed by atoms with Gasteiger partial charge >= 0.3 is 0 Å². The Morgan fingerprint density at radius 2 is 1.41 bits per heavy atom. The minimum absolute atomic E-state index is 0.145. The van der Waals surface area contributed by atoms with Crippen molar-refractivity contribution >= 4 is 11.6 Å². The summed E-state index contributed by atoms with van der Waals surface area (Å²) in [6.07, 6.45) is 2.65. The predicted octanol–water partition coefficient (Wildman–Crippen LogP) is 3.74. The Kier molecular flexibility index (Phi) is 6.21. The monoisotopic (exact) mass is 360 g/mol. The number of aromatic nitrogens is 1. The van der Waals surface area contributed by atoms with E-state index in [4.69, 9.17) is 0 Å². The van der Waals surface area contributed by atoms with Crippen LogP contribution in [0.3, 0.4) is 0 Å². The van der Waals surface area contributed by atoms with Crippen LogP contribution in [0, 0.1) is 0 Å². The molecule has 0 saturated heterocycles. The number of carbonyl (C=O) groups is 1. The van der Waals surface area contributed by atoms with Crippen molar-refractivity contribution in [2.75, 3.05) is 5.32 Å². The molecule has 0 spiro atoms. The van der Waals surface area contributed by atoms with E-state index in [1.807, 2.05) is 54.6 Å². The molecule has 0 aliphatic heterocycles. The Hall–Kier alpha value is -3.14. The second-order valence-electron chi connectivity index (χ2n) is 6.62. The first-order valence-corrected chi connectivity index (χ1v) is 9.20. The largest absolute Gasteiger partial charge is 0.321 e. The predicted molar refractivity (Wildman–Crippen MR) is 109 cm³/mol. The topological polar surface area (TPSA) is 51.1 Å². The van der Waals surface area contributed by atoms with Crippen molar-refractivity contribution in [2.24, 2.45) is 7.05 Å². The van der Waals surface area contributed by atoms with E-state index in [0.29, 0.717) is 18.5 Å². The Morgan fingerprint density at radius 1 is 0.815 bits per heavy atom. The molecule has 3 rings (SSSR count). The number of carbonyl (C=O) groups excluding carboxylic acids is 1. The number of aryl methyl sites for hydroxylation is 3. The highest BCUT2D eigenvalue weighted by Crippen LogP contribution is 2.09. The minimum atomic E-state index is -0.173. The third-order valence-corrected chi connectivity index (χ3v) is 4.68. The Morgan fingerprint density at radius 3 is 2.04 bits per heavy atom. The molecule has 0 bridgehead atoms. The first-order chi connectivity index (χ1) is 13.1. The Labute approximate surface area is 159 Å². The average Bonchev–Trinajstić information content (AvgIpc) is 2.71. The molecule has 0 unspecified atom stereocenters. The standard InChI is InChI=1S/C23H24N2O2/c1-25-20(14-12-18-8-4-2-5-9-18)15-16-21(23(25)27)24-22(26)17-13-19-10-6-3-7-11-19/h2-11,15-16H,12-14,17H2,1H3,(H,24,26). The summed E-state index contributed by atoms with van der Waals surface area (Å²) in [6.45, 7) is 0. The maximum Gasteiger partial charge on any atom is 0.274 e. The van der Waals surface area contributed by atoms with Gasteiger partial charge in [0, 0.05) is 19.2 Å². The normalized spacial score (nSPS) is 10.6. The lowest BCUT2D eigenvalue weighted by Crippen LogP contribution is -2.26. The van der Waals surface area contributed by atoms with E-state index in [2.05, 4.69) is 17.4 Å². The van der Waals surface area contributed by atoms with Crippen LogP contribution in [-0.2, 0) is 31.1 Å². The lowest BCUT2D eigenvalue weighted by molar-refractivity contribution is -0.116. The number of anilines is 1. The molecule has 1 heterocycles. The van der Waals surface area contributed by atoms with E-state index < -0.39 is 0 Å². The number of hydrogen-bond acceptors (Lipinski definition) is 2. The number of benzene rings is 2. The maximum atomic E-state index is 12.6. The van der Waals surface area contributed by atoms with Gasteiger partial charge in [-0.3, -0.25) is 9.59 Å². The third kappa shape index (κ3) is 5.17. The van der Waals surface area contributed by atoms with E-state index in [1.165, 1.54) is 5.56 Å². The molecule has 1 amide bonds. The van der Waals surface area contributed by atoms with Gasteiger partial charge in [0.15, 0.2) is 0 Å². The van der Waals surface area contributed by atoms with Crippen molar-refractivity contribution in [1.29, 1.82) is 0 Å². The van der Waals surface area contributed by atoms with Gasteiger partial charge in [-0.1, -0.05) is 60.7 Å². The molecule has 0 aliphatic carbocycles. The van der Waals surface area contributed by atoms with Crippen LogP contribution >= 0.6 is 0 Å². The summed E-state index contributed by atoms with van der Waals surface area (Å²) in [6, 6.07) is 23.7. The zero-order valence-corrected chi connectivity index (χ0v) is 15.5. The summed E-state index contributed by atoms with van der Waals surface area (Å²) >= 11 is 0. The highest BCUT2D eigenvalue weighted by atomic mass is 16.2. The number of pyridine rings is 1.